The fraction of sp³-hybridized carbons (Fsp3) is 0.417. The van der Waals surface area contributed by atoms with Crippen LogP contribution in [0.3, 0.4) is 0 Å². The van der Waals surface area contributed by atoms with E-state index in [-0.39, 0.29) is 12.5 Å². The summed E-state index contributed by atoms with van der Waals surface area (Å²) in [5.41, 5.74) is -1.25. The van der Waals surface area contributed by atoms with Crippen molar-refractivity contribution in [1.82, 2.24) is 5.32 Å². The van der Waals surface area contributed by atoms with Crippen molar-refractivity contribution in [2.45, 2.75) is 6.42 Å². The molecule has 1 atom stereocenters. The fourth-order valence-electron chi connectivity index (χ4n) is 1.95. The van der Waals surface area contributed by atoms with Crippen LogP contribution in [0.25, 0.3) is 0 Å². The molecule has 1 aromatic carbocycles. The Bertz CT molecular complexity index is 545. The maximum Gasteiger partial charge on any atom is 0.285 e. The number of hydrogen-bond donors (Lipinski definition) is 1. The van der Waals surface area contributed by atoms with Crippen molar-refractivity contribution in [1.29, 1.82) is 0 Å². The minimum atomic E-state index is -1.36. The highest BCUT2D eigenvalue weighted by molar-refractivity contribution is 5.98. The topological polar surface area (TPSA) is 81.5 Å². The van der Waals surface area contributed by atoms with Gasteiger partial charge in [-0.3, -0.25) is 14.9 Å². The van der Waals surface area contributed by atoms with E-state index in [1.54, 1.807) is 0 Å². The van der Waals surface area contributed by atoms with Crippen LogP contribution in [0.5, 0.6) is 0 Å². The standard InChI is InChI=1S/C12H12F2N2O4/c13-9-3-8(11(16(18)19)4-10(9)14)12(17)15-5-7-1-2-20-6-7/h3-4,7H,1-2,5-6H2,(H,15,17). The molecular weight excluding hydrogens is 274 g/mol. The molecule has 8 heteroatoms. The van der Waals surface area contributed by atoms with Crippen molar-refractivity contribution in [3.8, 4) is 0 Å². The van der Waals surface area contributed by atoms with E-state index in [2.05, 4.69) is 5.32 Å². The van der Waals surface area contributed by atoms with E-state index in [0.717, 1.165) is 6.42 Å². The SMILES string of the molecule is O=C(NCC1CCOC1)c1cc(F)c(F)cc1[N+](=O)[O-]. The summed E-state index contributed by atoms with van der Waals surface area (Å²) in [5.74, 6) is -3.34. The van der Waals surface area contributed by atoms with Gasteiger partial charge in [-0.1, -0.05) is 0 Å². The molecule has 1 unspecified atom stereocenters. The molecule has 2 rings (SSSR count). The number of hydrogen-bond acceptors (Lipinski definition) is 4. The first kappa shape index (κ1) is 14.3. The summed E-state index contributed by atoms with van der Waals surface area (Å²) < 4.78 is 31.2. The third kappa shape index (κ3) is 3.08. The smallest absolute Gasteiger partial charge is 0.285 e. The summed E-state index contributed by atoms with van der Waals surface area (Å²) in [5, 5.41) is 13.2. The van der Waals surface area contributed by atoms with Crippen LogP contribution in [0.15, 0.2) is 12.1 Å². The van der Waals surface area contributed by atoms with E-state index in [1.807, 2.05) is 0 Å². The first-order chi connectivity index (χ1) is 9.49. The highest BCUT2D eigenvalue weighted by Gasteiger charge is 2.25. The fourth-order valence-corrected chi connectivity index (χ4v) is 1.95. The van der Waals surface area contributed by atoms with E-state index in [4.69, 9.17) is 4.74 Å². The lowest BCUT2D eigenvalue weighted by Crippen LogP contribution is -2.30. The number of nitro benzene ring substituents is 1. The van der Waals surface area contributed by atoms with Gasteiger partial charge in [-0.2, -0.15) is 0 Å². The second-order valence-electron chi connectivity index (χ2n) is 4.48. The number of benzene rings is 1. The molecule has 1 aromatic rings. The highest BCUT2D eigenvalue weighted by Crippen LogP contribution is 2.22. The Morgan fingerprint density at radius 2 is 2.15 bits per heavy atom. The highest BCUT2D eigenvalue weighted by atomic mass is 19.2. The van der Waals surface area contributed by atoms with Gasteiger partial charge in [0, 0.05) is 19.1 Å². The molecule has 1 aliphatic rings. The average Bonchev–Trinajstić information content (AvgIpc) is 2.91. The maximum absolute atomic E-state index is 13.1. The zero-order chi connectivity index (χ0) is 14.7. The van der Waals surface area contributed by atoms with Gasteiger partial charge in [0.1, 0.15) is 5.56 Å². The number of carbonyl (C=O) groups excluding carboxylic acids is 1. The molecule has 1 N–H and O–H groups in total. The molecule has 0 aliphatic carbocycles. The summed E-state index contributed by atoms with van der Waals surface area (Å²) in [6.45, 7) is 1.38. The van der Waals surface area contributed by atoms with Crippen molar-refractivity contribution in [2.24, 2.45) is 5.92 Å². The minimum absolute atomic E-state index is 0.128. The molecular formula is C12H12F2N2O4. The molecule has 1 aliphatic heterocycles. The van der Waals surface area contributed by atoms with Gasteiger partial charge in [-0.15, -0.1) is 0 Å². The number of rotatable bonds is 4. The molecule has 6 nitrogen and oxygen atoms in total. The molecule has 108 valence electrons. The van der Waals surface area contributed by atoms with Crippen LogP contribution in [0.1, 0.15) is 16.8 Å². The number of amides is 1. The number of carbonyl (C=O) groups is 1. The molecule has 20 heavy (non-hydrogen) atoms. The number of nitrogens with one attached hydrogen (secondary N) is 1. The van der Waals surface area contributed by atoms with Crippen molar-refractivity contribution >= 4 is 11.6 Å². The Morgan fingerprint density at radius 3 is 2.75 bits per heavy atom. The van der Waals surface area contributed by atoms with Crippen LogP contribution in [-0.4, -0.2) is 30.6 Å². The van der Waals surface area contributed by atoms with Crippen LogP contribution in [0.2, 0.25) is 0 Å². The Balaban J connectivity index is 2.15. The van der Waals surface area contributed by atoms with Crippen LogP contribution < -0.4 is 5.32 Å². The number of nitrogens with zero attached hydrogens (tertiary/aromatic N) is 1. The van der Waals surface area contributed by atoms with E-state index in [1.165, 1.54) is 0 Å². The predicted octanol–water partition coefficient (Wildman–Crippen LogP) is 1.64. The first-order valence-electron chi connectivity index (χ1n) is 5.98. The van der Waals surface area contributed by atoms with Gasteiger partial charge in [-0.05, 0) is 12.5 Å². The molecule has 1 saturated heterocycles. The molecule has 1 fully saturated rings. The van der Waals surface area contributed by atoms with E-state index < -0.39 is 33.7 Å². The average molecular weight is 286 g/mol. The van der Waals surface area contributed by atoms with E-state index >= 15 is 0 Å². The normalized spacial score (nSPS) is 18.0. The Hall–Kier alpha value is -2.09. The lowest BCUT2D eigenvalue weighted by atomic mass is 10.1. The third-order valence-corrected chi connectivity index (χ3v) is 3.06. The maximum atomic E-state index is 13.1. The van der Waals surface area contributed by atoms with Crippen LogP contribution >= 0.6 is 0 Å². The summed E-state index contributed by atoms with van der Waals surface area (Å²) in [7, 11) is 0. The molecule has 1 heterocycles. The Labute approximate surface area is 112 Å². The quantitative estimate of drug-likeness (QED) is 0.674. The summed E-state index contributed by atoms with van der Waals surface area (Å²) >= 11 is 0. The molecule has 0 spiro atoms. The lowest BCUT2D eigenvalue weighted by Gasteiger charge is -2.10. The third-order valence-electron chi connectivity index (χ3n) is 3.06. The number of ether oxygens (including phenoxy) is 1. The monoisotopic (exact) mass is 286 g/mol. The van der Waals surface area contributed by atoms with Crippen molar-refractivity contribution in [3.63, 3.8) is 0 Å². The van der Waals surface area contributed by atoms with E-state index in [0.29, 0.717) is 25.3 Å². The van der Waals surface area contributed by atoms with Gasteiger partial charge < -0.3 is 10.1 Å². The largest absolute Gasteiger partial charge is 0.381 e. The zero-order valence-electron chi connectivity index (χ0n) is 10.4. The predicted molar refractivity (Wildman–Crippen MR) is 64.3 cm³/mol. The van der Waals surface area contributed by atoms with Crippen molar-refractivity contribution in [2.75, 3.05) is 19.8 Å². The molecule has 0 bridgehead atoms. The van der Waals surface area contributed by atoms with Crippen molar-refractivity contribution < 1.29 is 23.2 Å². The lowest BCUT2D eigenvalue weighted by molar-refractivity contribution is -0.385. The van der Waals surface area contributed by atoms with Crippen molar-refractivity contribution in [3.05, 3.63) is 39.4 Å². The second-order valence-corrected chi connectivity index (χ2v) is 4.48. The van der Waals surface area contributed by atoms with Gasteiger partial charge in [0.05, 0.1) is 17.6 Å². The number of halogens is 2. The van der Waals surface area contributed by atoms with Gasteiger partial charge >= 0.3 is 0 Å². The van der Waals surface area contributed by atoms with Gasteiger partial charge in [0.15, 0.2) is 11.6 Å². The zero-order valence-corrected chi connectivity index (χ0v) is 10.4. The number of nitro groups is 1. The van der Waals surface area contributed by atoms with Gasteiger partial charge in [0.2, 0.25) is 0 Å². The summed E-state index contributed by atoms with van der Waals surface area (Å²) in [4.78, 5) is 21.7. The molecule has 0 radical (unpaired) electrons. The second kappa shape index (κ2) is 5.91. The Kier molecular flexibility index (Phi) is 4.23. The minimum Gasteiger partial charge on any atom is -0.381 e. The molecule has 0 aromatic heterocycles. The van der Waals surface area contributed by atoms with Crippen LogP contribution in [-0.2, 0) is 4.74 Å². The first-order valence-corrected chi connectivity index (χ1v) is 5.98. The van der Waals surface area contributed by atoms with Gasteiger partial charge in [0.25, 0.3) is 11.6 Å². The van der Waals surface area contributed by atoms with Crippen LogP contribution in [0, 0.1) is 27.7 Å². The summed E-state index contributed by atoms with van der Waals surface area (Å²) in [6.07, 6.45) is 0.778. The van der Waals surface area contributed by atoms with E-state index in [9.17, 15) is 23.7 Å². The van der Waals surface area contributed by atoms with Crippen LogP contribution in [0.4, 0.5) is 14.5 Å². The molecule has 1 amide bonds. The Morgan fingerprint density at radius 1 is 1.45 bits per heavy atom. The summed E-state index contributed by atoms with van der Waals surface area (Å²) in [6, 6.07) is 0.941. The molecule has 0 saturated carbocycles. The van der Waals surface area contributed by atoms with Gasteiger partial charge in [-0.25, -0.2) is 8.78 Å².